The summed E-state index contributed by atoms with van der Waals surface area (Å²) in [6.07, 6.45) is 3.17. The molecule has 0 atom stereocenters. The average molecular weight is 461 g/mol. The lowest BCUT2D eigenvalue weighted by Gasteiger charge is -2.12. The topological polar surface area (TPSA) is 67.9 Å². The normalized spacial score (nSPS) is 14.9. The molecule has 2 aromatic rings. The number of nitrogens with one attached hydrogen (secondary N) is 1. The van der Waals surface area contributed by atoms with Gasteiger partial charge in [-0.2, -0.15) is 0 Å². The van der Waals surface area contributed by atoms with Crippen molar-refractivity contribution in [3.63, 3.8) is 0 Å². The third-order valence-electron chi connectivity index (χ3n) is 4.16. The molecule has 2 aromatic carbocycles. The van der Waals surface area contributed by atoms with Crippen molar-refractivity contribution >= 4 is 33.9 Å². The summed E-state index contributed by atoms with van der Waals surface area (Å²) >= 11 is 3.44. The molecule has 0 aromatic heterocycles. The molecule has 150 valence electrons. The zero-order valence-electron chi connectivity index (χ0n) is 15.6. The Morgan fingerprint density at radius 1 is 1.21 bits per heavy atom. The number of benzene rings is 2. The Kier molecular flexibility index (Phi) is 6.33. The lowest BCUT2D eigenvalue weighted by Crippen LogP contribution is -2.30. The molecule has 1 saturated heterocycles. The molecule has 29 heavy (non-hydrogen) atoms. The number of rotatable bonds is 7. The Labute approximate surface area is 175 Å². The first-order valence-electron chi connectivity index (χ1n) is 8.63. The highest BCUT2D eigenvalue weighted by Gasteiger charge is 2.33. The number of carbonyl (C=O) groups is 2. The quantitative estimate of drug-likeness (QED) is 0.380. The van der Waals surface area contributed by atoms with E-state index in [9.17, 15) is 14.0 Å². The van der Waals surface area contributed by atoms with Crippen LogP contribution in [0.3, 0.4) is 0 Å². The molecule has 3 amide bonds. The van der Waals surface area contributed by atoms with Gasteiger partial charge in [0.25, 0.3) is 5.91 Å². The molecule has 0 unspecified atom stereocenters. The van der Waals surface area contributed by atoms with Gasteiger partial charge in [0.1, 0.15) is 18.1 Å². The lowest BCUT2D eigenvalue weighted by molar-refractivity contribution is -0.123. The predicted octanol–water partition coefficient (Wildman–Crippen LogP) is 4.25. The van der Waals surface area contributed by atoms with Crippen molar-refractivity contribution in [3.05, 3.63) is 76.2 Å². The van der Waals surface area contributed by atoms with E-state index in [4.69, 9.17) is 9.47 Å². The number of amides is 3. The third-order valence-corrected chi connectivity index (χ3v) is 4.84. The van der Waals surface area contributed by atoms with Crippen LogP contribution in [0, 0.1) is 5.82 Å². The summed E-state index contributed by atoms with van der Waals surface area (Å²) < 4.78 is 24.6. The van der Waals surface area contributed by atoms with Crippen molar-refractivity contribution in [3.8, 4) is 11.5 Å². The Morgan fingerprint density at radius 3 is 2.59 bits per heavy atom. The Balaban J connectivity index is 1.85. The van der Waals surface area contributed by atoms with Crippen molar-refractivity contribution in [1.82, 2.24) is 10.2 Å². The highest BCUT2D eigenvalue weighted by atomic mass is 79.9. The molecule has 0 radical (unpaired) electrons. The van der Waals surface area contributed by atoms with Crippen LogP contribution in [0.5, 0.6) is 11.5 Å². The average Bonchev–Trinajstić information content (AvgIpc) is 2.97. The van der Waals surface area contributed by atoms with Crippen LogP contribution < -0.4 is 14.8 Å². The van der Waals surface area contributed by atoms with Gasteiger partial charge in [0.2, 0.25) is 0 Å². The molecular formula is C21H18BrFN2O4. The molecule has 0 spiro atoms. The number of nitrogens with zero attached hydrogens (tertiary/aromatic N) is 1. The van der Waals surface area contributed by atoms with Gasteiger partial charge in [0.15, 0.2) is 11.5 Å². The summed E-state index contributed by atoms with van der Waals surface area (Å²) in [7, 11) is 1.51. The maximum absolute atomic E-state index is 13.1. The van der Waals surface area contributed by atoms with Crippen LogP contribution in [-0.4, -0.2) is 30.6 Å². The van der Waals surface area contributed by atoms with Crippen molar-refractivity contribution < 1.29 is 23.5 Å². The minimum absolute atomic E-state index is 0.0428. The number of methoxy groups -OCH3 is 1. The van der Waals surface area contributed by atoms with Crippen molar-refractivity contribution in [2.75, 3.05) is 13.7 Å². The lowest BCUT2D eigenvalue weighted by atomic mass is 10.1. The smallest absolute Gasteiger partial charge is 0.329 e. The zero-order valence-corrected chi connectivity index (χ0v) is 17.2. The SMILES string of the molecule is C=CCOc1cc(Br)c(/C=C2/NC(=O)N(Cc3ccc(F)cc3)C2=O)cc1OC. The summed E-state index contributed by atoms with van der Waals surface area (Å²) in [6.45, 7) is 3.97. The van der Waals surface area contributed by atoms with E-state index in [0.717, 1.165) is 4.90 Å². The number of urea groups is 1. The molecule has 1 aliphatic heterocycles. The Hall–Kier alpha value is -3.13. The number of halogens is 2. The summed E-state index contributed by atoms with van der Waals surface area (Å²) in [5.74, 6) is 0.131. The van der Waals surface area contributed by atoms with Crippen LogP contribution in [0.15, 0.2) is 59.2 Å². The second-order valence-electron chi connectivity index (χ2n) is 6.13. The van der Waals surface area contributed by atoms with Gasteiger partial charge in [-0.1, -0.05) is 40.7 Å². The minimum Gasteiger partial charge on any atom is -0.493 e. The fourth-order valence-electron chi connectivity index (χ4n) is 2.73. The van der Waals surface area contributed by atoms with Gasteiger partial charge in [-0.3, -0.25) is 9.69 Å². The van der Waals surface area contributed by atoms with Gasteiger partial charge in [-0.05, 0) is 41.5 Å². The fraction of sp³-hybridized carbons (Fsp3) is 0.143. The summed E-state index contributed by atoms with van der Waals surface area (Å²) in [5.41, 5.74) is 1.39. The van der Waals surface area contributed by atoms with Gasteiger partial charge in [-0.25, -0.2) is 9.18 Å². The van der Waals surface area contributed by atoms with Crippen LogP contribution in [0.4, 0.5) is 9.18 Å². The molecule has 1 aliphatic rings. The van der Waals surface area contributed by atoms with E-state index in [1.165, 1.54) is 31.4 Å². The third kappa shape index (κ3) is 4.65. The van der Waals surface area contributed by atoms with Crippen LogP contribution >= 0.6 is 15.9 Å². The van der Waals surface area contributed by atoms with Crippen molar-refractivity contribution in [1.29, 1.82) is 0 Å². The number of carbonyl (C=O) groups excluding carboxylic acids is 2. The molecule has 0 aliphatic carbocycles. The number of hydrogen-bond donors (Lipinski definition) is 1. The van der Waals surface area contributed by atoms with E-state index in [1.54, 1.807) is 24.3 Å². The van der Waals surface area contributed by atoms with E-state index in [0.29, 0.717) is 33.7 Å². The highest BCUT2D eigenvalue weighted by molar-refractivity contribution is 9.10. The van der Waals surface area contributed by atoms with Crippen LogP contribution in [0.25, 0.3) is 6.08 Å². The molecule has 0 saturated carbocycles. The van der Waals surface area contributed by atoms with Crippen molar-refractivity contribution in [2.24, 2.45) is 0 Å². The maximum Gasteiger partial charge on any atom is 0.329 e. The molecule has 1 N–H and O–H groups in total. The largest absolute Gasteiger partial charge is 0.493 e. The van der Waals surface area contributed by atoms with Gasteiger partial charge in [-0.15, -0.1) is 0 Å². The molecule has 3 rings (SSSR count). The molecule has 1 fully saturated rings. The Bertz CT molecular complexity index is 989. The van der Waals surface area contributed by atoms with E-state index < -0.39 is 11.9 Å². The molecule has 6 nitrogen and oxygen atoms in total. The number of imide groups is 1. The van der Waals surface area contributed by atoms with Crippen LogP contribution in [-0.2, 0) is 11.3 Å². The monoisotopic (exact) mass is 460 g/mol. The molecule has 0 bridgehead atoms. The minimum atomic E-state index is -0.542. The maximum atomic E-state index is 13.1. The van der Waals surface area contributed by atoms with Crippen LogP contribution in [0.2, 0.25) is 0 Å². The van der Waals surface area contributed by atoms with Gasteiger partial charge < -0.3 is 14.8 Å². The predicted molar refractivity (Wildman–Crippen MR) is 110 cm³/mol. The Morgan fingerprint density at radius 2 is 1.93 bits per heavy atom. The van der Waals surface area contributed by atoms with Gasteiger partial charge in [0, 0.05) is 4.47 Å². The van der Waals surface area contributed by atoms with Gasteiger partial charge >= 0.3 is 6.03 Å². The molecule has 1 heterocycles. The molecule has 8 heteroatoms. The van der Waals surface area contributed by atoms with Gasteiger partial charge in [0.05, 0.1) is 13.7 Å². The standard InChI is InChI=1S/C21H18BrFN2O4/c1-3-8-29-19-11-16(22)14(10-18(19)28-2)9-17-20(26)25(21(27)24-17)12-13-4-6-15(23)7-5-13/h3-7,9-11H,1,8,12H2,2H3,(H,24,27)/b17-9+. The number of ether oxygens (including phenoxy) is 2. The molecular weight excluding hydrogens is 443 g/mol. The second-order valence-corrected chi connectivity index (χ2v) is 6.98. The zero-order chi connectivity index (χ0) is 21.0. The first kappa shape index (κ1) is 20.6. The summed E-state index contributed by atoms with van der Waals surface area (Å²) in [6, 6.07) is 8.49. The second kappa shape index (κ2) is 8.91. The highest BCUT2D eigenvalue weighted by Crippen LogP contribution is 2.35. The summed E-state index contributed by atoms with van der Waals surface area (Å²) in [5, 5.41) is 2.57. The first-order valence-corrected chi connectivity index (χ1v) is 9.42. The van der Waals surface area contributed by atoms with Crippen LogP contribution in [0.1, 0.15) is 11.1 Å². The first-order chi connectivity index (χ1) is 13.9. The van der Waals surface area contributed by atoms with E-state index in [-0.39, 0.29) is 18.1 Å². The van der Waals surface area contributed by atoms with E-state index in [2.05, 4.69) is 27.8 Å². The van der Waals surface area contributed by atoms with E-state index >= 15 is 0 Å². The van der Waals surface area contributed by atoms with E-state index in [1.807, 2.05) is 0 Å². The number of hydrogen-bond acceptors (Lipinski definition) is 4. The fourth-order valence-corrected chi connectivity index (χ4v) is 3.16. The van der Waals surface area contributed by atoms with Crippen molar-refractivity contribution in [2.45, 2.75) is 6.54 Å². The summed E-state index contributed by atoms with van der Waals surface area (Å²) in [4.78, 5) is 26.0.